The summed E-state index contributed by atoms with van der Waals surface area (Å²) in [5.41, 5.74) is 0.279. The molecule has 9 nitrogen and oxygen atoms in total. The summed E-state index contributed by atoms with van der Waals surface area (Å²) in [5.74, 6) is -1.45. The summed E-state index contributed by atoms with van der Waals surface area (Å²) < 4.78 is 49.6. The lowest BCUT2D eigenvalue weighted by atomic mass is 10.0. The summed E-state index contributed by atoms with van der Waals surface area (Å²) in [4.78, 5) is 16.0. The van der Waals surface area contributed by atoms with Crippen molar-refractivity contribution in [1.82, 2.24) is 10.1 Å². The molecule has 1 N–H and O–H groups in total. The van der Waals surface area contributed by atoms with Gasteiger partial charge in [-0.25, -0.2) is 12.8 Å². The molecule has 0 saturated carbocycles. The fourth-order valence-corrected chi connectivity index (χ4v) is 5.32. The smallest absolute Gasteiger partial charge is 0.276 e. The van der Waals surface area contributed by atoms with Crippen LogP contribution in [0.15, 0.2) is 10.6 Å². The number of aliphatic hydroxyl groups is 1. The highest BCUT2D eigenvalue weighted by Crippen LogP contribution is 2.35. The molecule has 0 spiro atoms. The summed E-state index contributed by atoms with van der Waals surface area (Å²) in [5, 5.41) is 13.8. The molecular formula is C19H24FN3O6S. The molecule has 164 valence electrons. The van der Waals surface area contributed by atoms with Gasteiger partial charge in [0.2, 0.25) is 5.58 Å². The zero-order chi connectivity index (χ0) is 21.6. The highest BCUT2D eigenvalue weighted by molar-refractivity contribution is 7.91. The number of aliphatic hydroxyl groups excluding tert-OH is 1. The minimum absolute atomic E-state index is 0.0481. The quantitative estimate of drug-likeness (QED) is 0.749. The Kier molecular flexibility index (Phi) is 5.45. The first-order chi connectivity index (χ1) is 14.2. The molecule has 0 unspecified atom stereocenters. The Morgan fingerprint density at radius 3 is 2.50 bits per heavy atom. The number of anilines is 1. The van der Waals surface area contributed by atoms with Crippen molar-refractivity contribution in [1.29, 1.82) is 0 Å². The number of amides is 1. The summed E-state index contributed by atoms with van der Waals surface area (Å²) in [6.45, 7) is 4.34. The zero-order valence-corrected chi connectivity index (χ0v) is 17.6. The molecule has 4 rings (SSSR count). The van der Waals surface area contributed by atoms with Gasteiger partial charge in [-0.2, -0.15) is 0 Å². The van der Waals surface area contributed by atoms with Crippen molar-refractivity contribution in [3.8, 4) is 0 Å². The van der Waals surface area contributed by atoms with Crippen LogP contribution in [0.4, 0.5) is 10.1 Å². The number of fused-ring (bicyclic) bond motifs is 1. The van der Waals surface area contributed by atoms with E-state index in [0.29, 0.717) is 18.7 Å². The van der Waals surface area contributed by atoms with E-state index in [-0.39, 0.29) is 59.2 Å². The van der Waals surface area contributed by atoms with Crippen LogP contribution in [0.3, 0.4) is 0 Å². The van der Waals surface area contributed by atoms with E-state index in [4.69, 9.17) is 9.26 Å². The molecular weight excluding hydrogens is 417 g/mol. The number of sulfone groups is 1. The van der Waals surface area contributed by atoms with Crippen LogP contribution in [-0.4, -0.2) is 79.4 Å². The van der Waals surface area contributed by atoms with Crippen LogP contribution in [0.2, 0.25) is 0 Å². The molecule has 3 heterocycles. The Bertz CT molecular complexity index is 1060. The maximum atomic E-state index is 15.4. The molecule has 0 radical (unpaired) electrons. The fraction of sp³-hybridized carbons (Fsp3) is 0.579. The minimum Gasteiger partial charge on any atom is -0.392 e. The lowest BCUT2D eigenvalue weighted by Crippen LogP contribution is -2.46. The SMILES string of the molecule is C[C@@H]1CN(c2c(CO)cc3c(C(=O)N4CCS(=O)(=O)CC4)noc3c2F)C[C@H](C)O1. The van der Waals surface area contributed by atoms with Crippen molar-refractivity contribution in [2.24, 2.45) is 0 Å². The van der Waals surface area contributed by atoms with Crippen LogP contribution in [-0.2, 0) is 21.2 Å². The normalized spacial score (nSPS) is 24.4. The number of ether oxygens (including phenoxy) is 1. The number of carbonyl (C=O) groups is 1. The van der Waals surface area contributed by atoms with E-state index < -0.39 is 28.2 Å². The van der Waals surface area contributed by atoms with Crippen LogP contribution in [0.1, 0.15) is 29.9 Å². The zero-order valence-electron chi connectivity index (χ0n) is 16.8. The number of aromatic nitrogens is 1. The second-order valence-corrected chi connectivity index (χ2v) is 10.2. The number of morpholine rings is 1. The third-order valence-electron chi connectivity index (χ3n) is 5.50. The number of benzene rings is 1. The Morgan fingerprint density at radius 1 is 1.27 bits per heavy atom. The van der Waals surface area contributed by atoms with Gasteiger partial charge < -0.3 is 24.2 Å². The molecule has 11 heteroatoms. The van der Waals surface area contributed by atoms with Crippen LogP contribution < -0.4 is 4.90 Å². The predicted molar refractivity (Wildman–Crippen MR) is 107 cm³/mol. The first-order valence-electron chi connectivity index (χ1n) is 9.82. The minimum atomic E-state index is -3.15. The van der Waals surface area contributed by atoms with Gasteiger partial charge >= 0.3 is 0 Å². The second kappa shape index (κ2) is 7.78. The molecule has 30 heavy (non-hydrogen) atoms. The summed E-state index contributed by atoms with van der Waals surface area (Å²) >= 11 is 0. The highest BCUT2D eigenvalue weighted by atomic mass is 32.2. The van der Waals surface area contributed by atoms with Crippen molar-refractivity contribution < 1.29 is 32.0 Å². The molecule has 1 amide bonds. The molecule has 2 saturated heterocycles. The molecule has 1 aromatic carbocycles. The van der Waals surface area contributed by atoms with Gasteiger partial charge in [0.15, 0.2) is 21.3 Å². The van der Waals surface area contributed by atoms with Crippen molar-refractivity contribution in [3.05, 3.63) is 23.1 Å². The van der Waals surface area contributed by atoms with E-state index in [2.05, 4.69) is 5.16 Å². The van der Waals surface area contributed by atoms with E-state index in [1.807, 2.05) is 13.8 Å². The molecule has 2 aliphatic rings. The molecule has 0 aliphatic carbocycles. The van der Waals surface area contributed by atoms with Crippen molar-refractivity contribution in [2.75, 3.05) is 42.6 Å². The summed E-state index contributed by atoms with van der Waals surface area (Å²) in [6.07, 6.45) is -0.227. The average Bonchev–Trinajstić information content (AvgIpc) is 3.10. The van der Waals surface area contributed by atoms with Crippen LogP contribution in [0.5, 0.6) is 0 Å². The predicted octanol–water partition coefficient (Wildman–Crippen LogP) is 0.943. The number of hydrogen-bond acceptors (Lipinski definition) is 8. The lowest BCUT2D eigenvalue weighted by Gasteiger charge is -2.37. The number of carbonyl (C=O) groups excluding carboxylic acids is 1. The largest absolute Gasteiger partial charge is 0.392 e. The third kappa shape index (κ3) is 3.77. The van der Waals surface area contributed by atoms with E-state index in [1.165, 1.54) is 11.0 Å². The van der Waals surface area contributed by atoms with Crippen molar-refractivity contribution in [2.45, 2.75) is 32.7 Å². The lowest BCUT2D eigenvalue weighted by molar-refractivity contribution is -0.00550. The number of hydrogen-bond donors (Lipinski definition) is 1. The van der Waals surface area contributed by atoms with Gasteiger partial charge in [-0.3, -0.25) is 4.79 Å². The monoisotopic (exact) mass is 441 g/mol. The molecule has 2 aromatic rings. The number of halogens is 1. The highest BCUT2D eigenvalue weighted by Gasteiger charge is 2.32. The third-order valence-corrected chi connectivity index (χ3v) is 7.11. The van der Waals surface area contributed by atoms with Crippen molar-refractivity contribution in [3.63, 3.8) is 0 Å². The molecule has 0 bridgehead atoms. The van der Waals surface area contributed by atoms with Crippen LogP contribution in [0, 0.1) is 5.82 Å². The molecule has 2 atom stereocenters. The van der Waals surface area contributed by atoms with Gasteiger partial charge in [0, 0.05) is 31.7 Å². The first kappa shape index (κ1) is 21.0. The maximum absolute atomic E-state index is 15.4. The van der Waals surface area contributed by atoms with Crippen molar-refractivity contribution >= 4 is 32.4 Å². The summed E-state index contributed by atoms with van der Waals surface area (Å²) in [6, 6.07) is 1.52. The standard InChI is InChI=1S/C19H24FN3O6S/c1-11-8-23(9-12(2)28-11)17-13(10-24)7-14-16(21-29-18(14)15(17)20)19(25)22-3-5-30(26,27)6-4-22/h7,11-12,24H,3-6,8-10H2,1-2H3/t11-,12+. The van der Waals surface area contributed by atoms with Gasteiger partial charge in [-0.15, -0.1) is 0 Å². The topological polar surface area (TPSA) is 113 Å². The Balaban J connectivity index is 1.72. The van der Waals surface area contributed by atoms with Crippen LogP contribution in [0.25, 0.3) is 11.0 Å². The van der Waals surface area contributed by atoms with E-state index >= 15 is 4.39 Å². The molecule has 2 aliphatic heterocycles. The van der Waals surface area contributed by atoms with Gasteiger partial charge in [-0.1, -0.05) is 5.16 Å². The Labute approximate surface area is 173 Å². The molecule has 1 aromatic heterocycles. The maximum Gasteiger partial charge on any atom is 0.276 e. The number of nitrogens with zero attached hydrogens (tertiary/aromatic N) is 3. The number of rotatable bonds is 3. The Hall–Kier alpha value is -2.24. The molecule has 2 fully saturated rings. The van der Waals surface area contributed by atoms with E-state index in [1.54, 1.807) is 4.90 Å². The van der Waals surface area contributed by atoms with Gasteiger partial charge in [0.05, 0.1) is 41.4 Å². The fourth-order valence-electron chi connectivity index (χ4n) is 4.12. The second-order valence-electron chi connectivity index (χ2n) is 7.87. The van der Waals surface area contributed by atoms with Gasteiger partial charge in [0.25, 0.3) is 5.91 Å². The summed E-state index contributed by atoms with van der Waals surface area (Å²) in [7, 11) is -3.15. The van der Waals surface area contributed by atoms with E-state index in [9.17, 15) is 18.3 Å². The van der Waals surface area contributed by atoms with Gasteiger partial charge in [0.1, 0.15) is 0 Å². The van der Waals surface area contributed by atoms with E-state index in [0.717, 1.165) is 0 Å². The first-order valence-corrected chi connectivity index (χ1v) is 11.6. The average molecular weight is 441 g/mol. The Morgan fingerprint density at radius 2 is 1.90 bits per heavy atom. The van der Waals surface area contributed by atoms with Crippen LogP contribution >= 0.6 is 0 Å². The van der Waals surface area contributed by atoms with Gasteiger partial charge in [-0.05, 0) is 19.9 Å².